The van der Waals surface area contributed by atoms with Crippen LogP contribution < -0.4 is 5.73 Å². The number of hydrogen-bond acceptors (Lipinski definition) is 4. The maximum atomic E-state index is 11.5. The van der Waals surface area contributed by atoms with Crippen LogP contribution in [0.15, 0.2) is 11.4 Å². The van der Waals surface area contributed by atoms with Crippen molar-refractivity contribution in [2.75, 3.05) is 0 Å². The second-order valence-electron chi connectivity index (χ2n) is 3.37. The van der Waals surface area contributed by atoms with Crippen molar-refractivity contribution in [2.45, 2.75) is 18.9 Å². The molecule has 1 aliphatic carbocycles. The predicted molar refractivity (Wildman–Crippen MR) is 53.8 cm³/mol. The van der Waals surface area contributed by atoms with Crippen molar-refractivity contribution in [2.24, 2.45) is 5.73 Å². The smallest absolute Gasteiger partial charge is 0.339 e. The third-order valence-corrected chi connectivity index (χ3v) is 3.45. The lowest BCUT2D eigenvalue weighted by atomic mass is 9.93. The molecular weight excluding hydrogens is 216 g/mol. The molecule has 1 atom stereocenters. The first-order valence-electron chi connectivity index (χ1n) is 4.49. The molecule has 1 aliphatic rings. The molecule has 0 saturated heterocycles. The summed E-state index contributed by atoms with van der Waals surface area (Å²) in [5, 5.41) is 11.7. The summed E-state index contributed by atoms with van der Waals surface area (Å²) in [5.41, 5.74) is 5.67. The highest BCUT2D eigenvalue weighted by atomic mass is 32.1. The van der Waals surface area contributed by atoms with Crippen molar-refractivity contribution in [1.82, 2.24) is 5.06 Å². The fraction of sp³-hybridized carbons (Fsp3) is 0.333. The number of ketones is 1. The van der Waals surface area contributed by atoms with E-state index >= 15 is 0 Å². The van der Waals surface area contributed by atoms with Gasteiger partial charge >= 0.3 is 6.03 Å². The van der Waals surface area contributed by atoms with Gasteiger partial charge in [0, 0.05) is 6.42 Å². The number of rotatable bonds is 1. The number of amides is 2. The summed E-state index contributed by atoms with van der Waals surface area (Å²) in [7, 11) is 0. The van der Waals surface area contributed by atoms with Crippen LogP contribution in [0.3, 0.4) is 0 Å². The molecule has 2 amide bonds. The van der Waals surface area contributed by atoms with Crippen molar-refractivity contribution < 1.29 is 14.8 Å². The number of nitrogens with two attached hydrogens (primary N) is 1. The maximum absolute atomic E-state index is 11.5. The molecular formula is C9H10N2O3S. The Bertz CT molecular complexity index is 415. The van der Waals surface area contributed by atoms with Gasteiger partial charge in [-0.3, -0.25) is 10.0 Å². The monoisotopic (exact) mass is 226 g/mol. The number of fused-ring (bicyclic) bond motifs is 1. The Morgan fingerprint density at radius 2 is 2.40 bits per heavy atom. The highest BCUT2D eigenvalue weighted by Crippen LogP contribution is 2.36. The molecule has 0 radical (unpaired) electrons. The van der Waals surface area contributed by atoms with Crippen LogP contribution >= 0.6 is 11.3 Å². The number of hydroxylamine groups is 2. The molecule has 0 aromatic carbocycles. The molecule has 1 unspecified atom stereocenters. The largest absolute Gasteiger partial charge is 0.350 e. The zero-order chi connectivity index (χ0) is 11.0. The Balaban J connectivity index is 2.36. The number of Topliss-reactive ketones (excluding diaryl/α,β-unsaturated/α-hetero) is 1. The van der Waals surface area contributed by atoms with Gasteiger partial charge in [0.15, 0.2) is 5.78 Å². The Morgan fingerprint density at radius 1 is 1.67 bits per heavy atom. The third-order valence-electron chi connectivity index (χ3n) is 2.47. The molecule has 1 aromatic rings. The van der Waals surface area contributed by atoms with Crippen LogP contribution in [0.25, 0.3) is 0 Å². The van der Waals surface area contributed by atoms with Crippen LogP contribution in [-0.4, -0.2) is 22.1 Å². The summed E-state index contributed by atoms with van der Waals surface area (Å²) in [6.07, 6.45) is 0.754. The Morgan fingerprint density at radius 3 is 3.07 bits per heavy atom. The first-order valence-corrected chi connectivity index (χ1v) is 5.37. The van der Waals surface area contributed by atoms with Crippen LogP contribution in [0.2, 0.25) is 0 Å². The normalized spacial score (nSPS) is 19.8. The van der Waals surface area contributed by atoms with E-state index in [2.05, 4.69) is 0 Å². The molecule has 0 saturated carbocycles. The molecule has 15 heavy (non-hydrogen) atoms. The minimum Gasteiger partial charge on any atom is -0.350 e. The van der Waals surface area contributed by atoms with Gasteiger partial charge in [0.05, 0.1) is 10.9 Å². The van der Waals surface area contributed by atoms with Gasteiger partial charge in [-0.2, -0.15) is 5.06 Å². The molecule has 6 heteroatoms. The number of nitrogens with zero attached hydrogens (tertiary/aromatic N) is 1. The highest BCUT2D eigenvalue weighted by molar-refractivity contribution is 7.12. The zero-order valence-electron chi connectivity index (χ0n) is 7.84. The molecule has 0 spiro atoms. The average molecular weight is 226 g/mol. The SMILES string of the molecule is NC(=O)N(O)C1CCC(=O)c2sccc21. The first-order chi connectivity index (χ1) is 7.11. The number of hydrogen-bond donors (Lipinski definition) is 2. The van der Waals surface area contributed by atoms with Crippen molar-refractivity contribution >= 4 is 23.2 Å². The Kier molecular flexibility index (Phi) is 2.45. The number of urea groups is 1. The van der Waals surface area contributed by atoms with Gasteiger partial charge < -0.3 is 5.73 Å². The van der Waals surface area contributed by atoms with E-state index in [1.165, 1.54) is 11.3 Å². The molecule has 5 nitrogen and oxygen atoms in total. The topological polar surface area (TPSA) is 83.6 Å². The number of primary amides is 1. The molecule has 1 aromatic heterocycles. The van der Waals surface area contributed by atoms with E-state index in [-0.39, 0.29) is 5.78 Å². The Labute approximate surface area is 90.1 Å². The second kappa shape index (κ2) is 3.63. The first kappa shape index (κ1) is 10.1. The lowest BCUT2D eigenvalue weighted by Crippen LogP contribution is -2.37. The molecule has 3 N–H and O–H groups in total. The highest BCUT2D eigenvalue weighted by Gasteiger charge is 2.31. The minimum absolute atomic E-state index is 0.0640. The van der Waals surface area contributed by atoms with Crippen LogP contribution in [0.4, 0.5) is 4.79 Å². The van der Waals surface area contributed by atoms with Gasteiger partial charge in [-0.05, 0) is 23.4 Å². The number of thiophene rings is 1. The van der Waals surface area contributed by atoms with Gasteiger partial charge in [0.1, 0.15) is 0 Å². The summed E-state index contributed by atoms with van der Waals surface area (Å²) in [6.45, 7) is 0. The average Bonchev–Trinajstić information content (AvgIpc) is 2.66. The van der Waals surface area contributed by atoms with Crippen LogP contribution in [0, 0.1) is 0 Å². The summed E-state index contributed by atoms with van der Waals surface area (Å²) < 4.78 is 0. The lowest BCUT2D eigenvalue weighted by molar-refractivity contribution is -0.0795. The summed E-state index contributed by atoms with van der Waals surface area (Å²) >= 11 is 1.33. The number of carbonyl (C=O) groups excluding carboxylic acids is 2. The van der Waals surface area contributed by atoms with Gasteiger partial charge in [-0.15, -0.1) is 11.3 Å². The van der Waals surface area contributed by atoms with Crippen molar-refractivity contribution in [3.8, 4) is 0 Å². The summed E-state index contributed by atoms with van der Waals surface area (Å²) in [5.74, 6) is 0.0640. The van der Waals surface area contributed by atoms with E-state index in [9.17, 15) is 14.8 Å². The van der Waals surface area contributed by atoms with Crippen molar-refractivity contribution in [3.05, 3.63) is 21.9 Å². The second-order valence-corrected chi connectivity index (χ2v) is 4.28. The van der Waals surface area contributed by atoms with E-state index in [4.69, 9.17) is 5.73 Å². The van der Waals surface area contributed by atoms with E-state index in [0.29, 0.717) is 28.3 Å². The minimum atomic E-state index is -0.897. The van der Waals surface area contributed by atoms with Gasteiger partial charge in [-0.25, -0.2) is 4.79 Å². The van der Waals surface area contributed by atoms with E-state index in [0.717, 1.165) is 0 Å². The van der Waals surface area contributed by atoms with Crippen LogP contribution in [0.1, 0.15) is 34.1 Å². The molecule has 80 valence electrons. The molecule has 1 heterocycles. The number of carbonyl (C=O) groups is 2. The Hall–Kier alpha value is -1.40. The van der Waals surface area contributed by atoms with Crippen molar-refractivity contribution in [3.63, 3.8) is 0 Å². The molecule has 0 bridgehead atoms. The summed E-state index contributed by atoms with van der Waals surface area (Å²) in [6, 6.07) is 0.362. The quantitative estimate of drug-likeness (QED) is 0.562. The standard InChI is InChI=1S/C9H10N2O3S/c10-9(13)11(14)6-1-2-7(12)8-5(6)3-4-15-8/h3-4,6,14H,1-2H2,(H2,10,13). The predicted octanol–water partition coefficient (Wildman–Crippen LogP) is 1.54. The molecule has 0 aliphatic heterocycles. The van der Waals surface area contributed by atoms with E-state index in [1.807, 2.05) is 0 Å². The van der Waals surface area contributed by atoms with Gasteiger partial charge in [-0.1, -0.05) is 0 Å². The molecule has 2 rings (SSSR count). The fourth-order valence-corrected chi connectivity index (χ4v) is 2.68. The third kappa shape index (κ3) is 1.62. The molecule has 0 fully saturated rings. The van der Waals surface area contributed by atoms with Crippen molar-refractivity contribution in [1.29, 1.82) is 0 Å². The lowest BCUT2D eigenvalue weighted by Gasteiger charge is -2.27. The van der Waals surface area contributed by atoms with Gasteiger partial charge in [0.2, 0.25) is 0 Å². The van der Waals surface area contributed by atoms with Gasteiger partial charge in [0.25, 0.3) is 0 Å². The fourth-order valence-electron chi connectivity index (χ4n) is 1.75. The zero-order valence-corrected chi connectivity index (χ0v) is 8.66. The summed E-state index contributed by atoms with van der Waals surface area (Å²) in [4.78, 5) is 22.9. The van der Waals surface area contributed by atoms with Crippen LogP contribution in [-0.2, 0) is 0 Å². The van der Waals surface area contributed by atoms with E-state index < -0.39 is 12.1 Å². The van der Waals surface area contributed by atoms with Crippen LogP contribution in [0.5, 0.6) is 0 Å². The maximum Gasteiger partial charge on any atom is 0.339 e. The van der Waals surface area contributed by atoms with E-state index in [1.54, 1.807) is 11.4 Å².